The molecule has 6 nitrogen and oxygen atoms in total. The molecule has 2 aromatic rings. The SMILES string of the molecule is Cc1ccc(NC(=O)C[C@@H](CCC(=O)O)c2noc([C@H]3C[C@H](CC(C)(C)C)C3)c2C(F)F)c(Cl)c1. The summed E-state index contributed by atoms with van der Waals surface area (Å²) in [5.41, 5.74) is 1.16. The molecule has 0 spiro atoms. The largest absolute Gasteiger partial charge is 0.481 e. The van der Waals surface area contributed by atoms with Crippen LogP contribution in [0, 0.1) is 18.3 Å². The number of hydrogen-bond donors (Lipinski definition) is 2. The van der Waals surface area contributed by atoms with E-state index in [1.165, 1.54) is 0 Å². The van der Waals surface area contributed by atoms with Crippen molar-refractivity contribution in [3.63, 3.8) is 0 Å². The Kier molecular flexibility index (Phi) is 8.57. The van der Waals surface area contributed by atoms with Crippen molar-refractivity contribution in [3.05, 3.63) is 45.8 Å². The Hall–Kier alpha value is -2.48. The number of benzene rings is 1. The van der Waals surface area contributed by atoms with Crippen LogP contribution in [0.25, 0.3) is 0 Å². The minimum absolute atomic E-state index is 0.0204. The smallest absolute Gasteiger partial charge is 0.303 e. The Labute approximate surface area is 209 Å². The van der Waals surface area contributed by atoms with Crippen molar-refractivity contribution in [2.75, 3.05) is 5.32 Å². The number of anilines is 1. The maximum absolute atomic E-state index is 14.2. The molecule has 0 unspecified atom stereocenters. The lowest BCUT2D eigenvalue weighted by Gasteiger charge is -2.38. The van der Waals surface area contributed by atoms with Crippen LogP contribution in [0.4, 0.5) is 14.5 Å². The van der Waals surface area contributed by atoms with Gasteiger partial charge in [-0.05, 0) is 61.6 Å². The van der Waals surface area contributed by atoms with Gasteiger partial charge in [0.05, 0.1) is 22.0 Å². The Morgan fingerprint density at radius 1 is 1.29 bits per heavy atom. The van der Waals surface area contributed by atoms with Crippen LogP contribution < -0.4 is 5.32 Å². The first kappa shape index (κ1) is 27.1. The predicted molar refractivity (Wildman–Crippen MR) is 130 cm³/mol. The second-order valence-corrected chi connectivity index (χ2v) is 11.2. The number of rotatable bonds is 10. The topological polar surface area (TPSA) is 92.4 Å². The van der Waals surface area contributed by atoms with Crippen LogP contribution in [-0.4, -0.2) is 22.1 Å². The van der Waals surface area contributed by atoms with Crippen LogP contribution >= 0.6 is 11.6 Å². The third-order valence-corrected chi connectivity index (χ3v) is 6.75. The van der Waals surface area contributed by atoms with Crippen molar-refractivity contribution in [2.45, 2.75) is 84.5 Å². The quantitative estimate of drug-likeness (QED) is 0.345. The molecule has 1 saturated carbocycles. The summed E-state index contributed by atoms with van der Waals surface area (Å²) in [6.07, 6.45) is -0.874. The Morgan fingerprint density at radius 2 is 1.97 bits per heavy atom. The number of carbonyl (C=O) groups is 2. The molecule has 192 valence electrons. The molecule has 1 aliphatic rings. The Balaban J connectivity index is 1.80. The van der Waals surface area contributed by atoms with Crippen LogP contribution in [0.2, 0.25) is 5.02 Å². The minimum Gasteiger partial charge on any atom is -0.481 e. The highest BCUT2D eigenvalue weighted by Crippen LogP contribution is 2.50. The highest BCUT2D eigenvalue weighted by atomic mass is 35.5. The highest BCUT2D eigenvalue weighted by molar-refractivity contribution is 6.33. The number of aryl methyl sites for hydroxylation is 1. The van der Waals surface area contributed by atoms with Gasteiger partial charge in [0.1, 0.15) is 5.76 Å². The number of halogens is 3. The van der Waals surface area contributed by atoms with Crippen molar-refractivity contribution in [1.82, 2.24) is 5.16 Å². The summed E-state index contributed by atoms with van der Waals surface area (Å²) in [5, 5.41) is 16.2. The third-order valence-electron chi connectivity index (χ3n) is 6.43. The number of alkyl halides is 2. The average Bonchev–Trinajstić information content (AvgIpc) is 3.13. The standard InChI is InChI=1S/C26H33ClF2N2O4/c1-14-5-7-19(18(27)9-14)30-20(32)12-16(6-8-21(33)34)23-22(25(28)29)24(35-31-23)17-10-15(11-17)13-26(2,3)4/h5,7,9,15-17,25H,6,8,10-13H2,1-4H3,(H,30,32)(H,33,34)/t15-,16-,17-/m1/s1. The number of amides is 1. The molecular weight excluding hydrogens is 478 g/mol. The molecule has 0 saturated heterocycles. The first-order chi connectivity index (χ1) is 16.3. The van der Waals surface area contributed by atoms with Gasteiger partial charge in [0, 0.05) is 24.7 Å². The van der Waals surface area contributed by atoms with E-state index in [1.54, 1.807) is 18.2 Å². The first-order valence-electron chi connectivity index (χ1n) is 11.9. The number of aromatic nitrogens is 1. The van der Waals surface area contributed by atoms with Crippen molar-refractivity contribution < 1.29 is 28.0 Å². The van der Waals surface area contributed by atoms with E-state index in [0.29, 0.717) is 16.6 Å². The monoisotopic (exact) mass is 510 g/mol. The van der Waals surface area contributed by atoms with Crippen LogP contribution in [0.3, 0.4) is 0 Å². The predicted octanol–water partition coefficient (Wildman–Crippen LogP) is 7.48. The minimum atomic E-state index is -2.84. The lowest BCUT2D eigenvalue weighted by atomic mass is 9.67. The molecular formula is C26H33ClF2N2O4. The number of hydrogen-bond acceptors (Lipinski definition) is 4. The average molecular weight is 511 g/mol. The van der Waals surface area contributed by atoms with Gasteiger partial charge in [-0.1, -0.05) is 43.6 Å². The van der Waals surface area contributed by atoms with E-state index in [4.69, 9.17) is 16.1 Å². The number of aliphatic carboxylic acids is 1. The van der Waals surface area contributed by atoms with E-state index in [2.05, 4.69) is 31.2 Å². The fraction of sp³-hybridized carbons (Fsp3) is 0.577. The van der Waals surface area contributed by atoms with Gasteiger partial charge in [-0.3, -0.25) is 9.59 Å². The highest BCUT2D eigenvalue weighted by Gasteiger charge is 2.40. The van der Waals surface area contributed by atoms with Crippen molar-refractivity contribution >= 4 is 29.2 Å². The van der Waals surface area contributed by atoms with Crippen LogP contribution in [0.5, 0.6) is 0 Å². The summed E-state index contributed by atoms with van der Waals surface area (Å²) in [5.74, 6) is -1.92. The number of nitrogens with one attached hydrogen (secondary N) is 1. The van der Waals surface area contributed by atoms with Crippen molar-refractivity contribution in [2.24, 2.45) is 11.3 Å². The van der Waals surface area contributed by atoms with Crippen LogP contribution in [-0.2, 0) is 9.59 Å². The number of nitrogens with zero attached hydrogens (tertiary/aromatic N) is 1. The van der Waals surface area contributed by atoms with Crippen LogP contribution in [0.1, 0.15) is 100 Å². The fourth-order valence-corrected chi connectivity index (χ4v) is 5.18. The Bertz CT molecular complexity index is 1060. The molecule has 2 N–H and O–H groups in total. The molecule has 1 aromatic carbocycles. The molecule has 1 aliphatic carbocycles. The van der Waals surface area contributed by atoms with E-state index < -0.39 is 24.2 Å². The molecule has 0 aliphatic heterocycles. The zero-order valence-corrected chi connectivity index (χ0v) is 21.3. The first-order valence-corrected chi connectivity index (χ1v) is 12.3. The second-order valence-electron chi connectivity index (χ2n) is 10.8. The van der Waals surface area contributed by atoms with Gasteiger partial charge in [0.15, 0.2) is 0 Å². The fourth-order valence-electron chi connectivity index (χ4n) is 4.89. The molecule has 0 bridgehead atoms. The number of carboxylic acid groups (broad SMARTS) is 1. The molecule has 1 atom stereocenters. The van der Waals surface area contributed by atoms with Gasteiger partial charge in [0.2, 0.25) is 5.91 Å². The van der Waals surface area contributed by atoms with Crippen molar-refractivity contribution in [3.8, 4) is 0 Å². The molecule has 1 heterocycles. The van der Waals surface area contributed by atoms with Gasteiger partial charge in [-0.15, -0.1) is 0 Å². The normalized spacial score (nSPS) is 18.9. The van der Waals surface area contributed by atoms with E-state index >= 15 is 0 Å². The molecule has 9 heteroatoms. The summed E-state index contributed by atoms with van der Waals surface area (Å²) >= 11 is 6.19. The van der Waals surface area contributed by atoms with Crippen LogP contribution in [0.15, 0.2) is 22.7 Å². The molecule has 35 heavy (non-hydrogen) atoms. The lowest BCUT2D eigenvalue weighted by molar-refractivity contribution is -0.137. The van der Waals surface area contributed by atoms with E-state index in [0.717, 1.165) is 24.8 Å². The molecule has 1 aromatic heterocycles. The van der Waals surface area contributed by atoms with E-state index in [1.807, 2.05) is 6.92 Å². The van der Waals surface area contributed by atoms with Crippen molar-refractivity contribution in [1.29, 1.82) is 0 Å². The summed E-state index contributed by atoms with van der Waals surface area (Å²) < 4.78 is 33.8. The number of carboxylic acids is 1. The van der Waals surface area contributed by atoms with Gasteiger partial charge in [-0.25, -0.2) is 8.78 Å². The van der Waals surface area contributed by atoms with Gasteiger partial charge in [0.25, 0.3) is 6.43 Å². The molecule has 1 fully saturated rings. The van der Waals surface area contributed by atoms with E-state index in [9.17, 15) is 23.5 Å². The Morgan fingerprint density at radius 3 is 2.54 bits per heavy atom. The summed E-state index contributed by atoms with van der Waals surface area (Å²) in [6, 6.07) is 5.14. The summed E-state index contributed by atoms with van der Waals surface area (Å²) in [6.45, 7) is 8.32. The number of carbonyl (C=O) groups excluding carboxylic acids is 1. The second kappa shape index (κ2) is 11.1. The van der Waals surface area contributed by atoms with Gasteiger partial charge in [-0.2, -0.15) is 0 Å². The summed E-state index contributed by atoms with van der Waals surface area (Å²) in [4.78, 5) is 24.0. The van der Waals surface area contributed by atoms with Gasteiger partial charge < -0.3 is 14.9 Å². The summed E-state index contributed by atoms with van der Waals surface area (Å²) in [7, 11) is 0. The maximum Gasteiger partial charge on any atom is 0.303 e. The third kappa shape index (κ3) is 7.26. The zero-order valence-electron chi connectivity index (χ0n) is 20.5. The molecule has 3 rings (SSSR count). The van der Waals surface area contributed by atoms with Gasteiger partial charge >= 0.3 is 5.97 Å². The molecule has 0 radical (unpaired) electrons. The van der Waals surface area contributed by atoms with E-state index in [-0.39, 0.29) is 47.6 Å². The zero-order chi connectivity index (χ0) is 25.9. The molecule has 1 amide bonds. The lowest BCUT2D eigenvalue weighted by Crippen LogP contribution is -2.26. The maximum atomic E-state index is 14.2.